The summed E-state index contributed by atoms with van der Waals surface area (Å²) >= 11 is 0. The van der Waals surface area contributed by atoms with Crippen LogP contribution in [0.5, 0.6) is 5.75 Å². The number of hydrogen-bond acceptors (Lipinski definition) is 13. The summed E-state index contributed by atoms with van der Waals surface area (Å²) in [5.74, 6) is -10.6. The van der Waals surface area contributed by atoms with Crippen LogP contribution in [0.15, 0.2) is 54.7 Å². The fourth-order valence-electron chi connectivity index (χ4n) is 7.41. The molecule has 1 aliphatic rings. The van der Waals surface area contributed by atoms with E-state index in [-0.39, 0.29) is 18.6 Å². The van der Waals surface area contributed by atoms with Crippen molar-refractivity contribution in [3.63, 3.8) is 0 Å². The number of rotatable bonds is 18. The van der Waals surface area contributed by atoms with Gasteiger partial charge in [0.05, 0.1) is 26.1 Å². The van der Waals surface area contributed by atoms with Crippen LogP contribution in [0.4, 0.5) is 0 Å². The summed E-state index contributed by atoms with van der Waals surface area (Å²) in [6.45, 7) is 1.05. The molecule has 70 heavy (non-hydrogen) atoms. The number of aromatic nitrogens is 1. The number of hydrogen-bond donors (Lipinski definition) is 13. The van der Waals surface area contributed by atoms with Crippen LogP contribution in [0.3, 0.4) is 0 Å². The molecule has 1 fully saturated rings. The van der Waals surface area contributed by atoms with Crippen LogP contribution in [-0.2, 0) is 65.6 Å². The molecule has 0 bridgehead atoms. The first-order chi connectivity index (χ1) is 33.1. The second-order valence-corrected chi connectivity index (χ2v) is 16.9. The lowest BCUT2D eigenvalue weighted by Crippen LogP contribution is -2.62. The third-order valence-corrected chi connectivity index (χ3v) is 11.4. The van der Waals surface area contributed by atoms with Gasteiger partial charge in [0, 0.05) is 50.0 Å². The lowest BCUT2D eigenvalue weighted by Gasteiger charge is -2.30. The lowest BCUT2D eigenvalue weighted by atomic mass is 9.96. The van der Waals surface area contributed by atoms with Crippen molar-refractivity contribution in [2.45, 2.75) is 88.6 Å². The maximum absolute atomic E-state index is 14.2. The number of primary amides is 3. The van der Waals surface area contributed by atoms with Crippen molar-refractivity contribution >= 4 is 75.9 Å². The number of aromatic amines is 1. The van der Waals surface area contributed by atoms with E-state index >= 15 is 0 Å². The number of carbonyl (C=O) groups is 11. The van der Waals surface area contributed by atoms with Gasteiger partial charge >= 0.3 is 0 Å². The topological polar surface area (TPSA) is 401 Å². The van der Waals surface area contributed by atoms with Gasteiger partial charge in [-0.25, -0.2) is 0 Å². The third-order valence-electron chi connectivity index (χ3n) is 11.4. The normalized spacial score (nSPS) is 20.4. The number of likely N-dealkylation sites (N-methyl/N-ethyl adjacent to an activating group) is 1. The highest BCUT2D eigenvalue weighted by Gasteiger charge is 2.36. The van der Waals surface area contributed by atoms with Gasteiger partial charge in [-0.3, -0.25) is 52.7 Å². The van der Waals surface area contributed by atoms with Crippen molar-refractivity contribution in [1.82, 2.24) is 52.4 Å². The van der Waals surface area contributed by atoms with Crippen molar-refractivity contribution < 1.29 is 57.8 Å². The van der Waals surface area contributed by atoms with Gasteiger partial charge in [-0.1, -0.05) is 50.6 Å². The maximum atomic E-state index is 14.2. The quantitative estimate of drug-likeness (QED) is 0.0572. The van der Waals surface area contributed by atoms with Crippen molar-refractivity contribution in [2.24, 2.45) is 23.1 Å². The van der Waals surface area contributed by atoms with Crippen LogP contribution in [0, 0.1) is 5.92 Å². The third kappa shape index (κ3) is 16.6. The van der Waals surface area contributed by atoms with E-state index in [0.717, 1.165) is 15.8 Å². The summed E-state index contributed by atoms with van der Waals surface area (Å²) in [4.78, 5) is 150. The number of amides is 11. The first kappa shape index (κ1) is 54.5. The summed E-state index contributed by atoms with van der Waals surface area (Å²) in [6, 6.07) is 4.02. The van der Waals surface area contributed by atoms with Crippen LogP contribution in [0.25, 0.3) is 10.9 Å². The highest BCUT2D eigenvalue weighted by Crippen LogP contribution is 2.20. The van der Waals surface area contributed by atoms with E-state index in [9.17, 15) is 57.8 Å². The number of fused-ring (bicyclic) bond motifs is 1. The number of benzene rings is 2. The standard InChI is InChI=1S/C45H61N13O12/c1-4-23(2)39-44(69)54-29(13-14-34(46)60)41(66)55-32(17-35(47)61)42(67)56-33(19-49-21-37(63)52-30(43(68)57-39)15-24-9-11-26(59)12-10-24)45(70)58(3)22-38(64)53-31(40(65)51-20-36(48)62)16-25-18-50-28-8-6-5-7-27(25)28/h5-12,18,23,29-33,39,49-50,59H,4,13-17,19-22H2,1-3H3,(H2,46,60)(H2,47,61)(H2,48,62)(H,51,65)(H,52,63)(H,53,64)(H,54,69)(H,55,66)(H,56,67)(H,57,68)/t23-,29-,30-,31-,32-,33-,39-/m0/s1. The Hall–Kier alpha value is -8.09. The second kappa shape index (κ2) is 25.9. The van der Waals surface area contributed by atoms with Gasteiger partial charge in [0.25, 0.3) is 0 Å². The maximum Gasteiger partial charge on any atom is 0.246 e. The SMILES string of the molecule is CC[C@H](C)[C@@H]1NC(=O)[C@H](Cc2ccc(O)cc2)NC(=O)CNC[C@@H](C(=O)N(C)CC(=O)N[C@@H](Cc2c[nH]c3ccccc23)C(=O)NCC(N)=O)NC(=O)[C@H](CC(N)=O)NC(=O)[C@H](CCC(N)=O)NC1=O. The zero-order valence-electron chi connectivity index (χ0n) is 38.9. The molecule has 25 nitrogen and oxygen atoms in total. The lowest BCUT2D eigenvalue weighted by molar-refractivity contribution is -0.140. The smallest absolute Gasteiger partial charge is 0.246 e. The molecule has 4 rings (SSSR count). The molecule has 0 unspecified atom stereocenters. The summed E-state index contributed by atoms with van der Waals surface area (Å²) in [7, 11) is 1.20. The Kier molecular flexibility index (Phi) is 20.2. The Balaban J connectivity index is 1.66. The molecule has 2 heterocycles. The Morgan fingerprint density at radius 3 is 2.11 bits per heavy atom. The zero-order chi connectivity index (χ0) is 51.7. The van der Waals surface area contributed by atoms with E-state index in [0.29, 0.717) is 17.5 Å². The summed E-state index contributed by atoms with van der Waals surface area (Å²) in [5, 5.41) is 30.8. The van der Waals surface area contributed by atoms with Crippen molar-refractivity contribution in [1.29, 1.82) is 0 Å². The van der Waals surface area contributed by atoms with E-state index < -0.39 is 153 Å². The molecule has 1 saturated heterocycles. The molecule has 0 saturated carbocycles. The Labute approximate surface area is 401 Å². The average molecular weight is 976 g/mol. The number of aromatic hydroxyl groups is 1. The number of nitrogens with two attached hydrogens (primary N) is 3. The van der Waals surface area contributed by atoms with Crippen molar-refractivity contribution in [2.75, 3.05) is 33.2 Å². The van der Waals surface area contributed by atoms with E-state index in [4.69, 9.17) is 17.2 Å². The summed E-state index contributed by atoms with van der Waals surface area (Å²) in [5.41, 5.74) is 17.9. The molecule has 11 amide bonds. The van der Waals surface area contributed by atoms with Crippen LogP contribution < -0.4 is 59.7 Å². The summed E-state index contributed by atoms with van der Waals surface area (Å²) < 4.78 is 0. The molecule has 3 aromatic rings. The van der Waals surface area contributed by atoms with Gasteiger partial charge in [0.15, 0.2) is 0 Å². The molecule has 0 spiro atoms. The fourth-order valence-corrected chi connectivity index (χ4v) is 7.41. The second-order valence-electron chi connectivity index (χ2n) is 16.9. The van der Waals surface area contributed by atoms with Crippen molar-refractivity contribution in [3.8, 4) is 5.75 Å². The van der Waals surface area contributed by atoms with E-state index in [1.165, 1.54) is 31.3 Å². The molecule has 378 valence electrons. The largest absolute Gasteiger partial charge is 0.508 e. The Bertz CT molecular complexity index is 2430. The monoisotopic (exact) mass is 975 g/mol. The van der Waals surface area contributed by atoms with Gasteiger partial charge in [-0.15, -0.1) is 0 Å². The molecule has 0 radical (unpaired) electrons. The van der Waals surface area contributed by atoms with Crippen molar-refractivity contribution in [3.05, 3.63) is 65.9 Å². The molecule has 2 aromatic carbocycles. The van der Waals surface area contributed by atoms with E-state index in [1.54, 1.807) is 44.3 Å². The average Bonchev–Trinajstić information content (AvgIpc) is 3.71. The number of phenolic OH excluding ortho intramolecular Hbond substituents is 1. The molecular weight excluding hydrogens is 915 g/mol. The molecule has 16 N–H and O–H groups in total. The molecule has 1 aliphatic heterocycles. The highest BCUT2D eigenvalue weighted by molar-refractivity contribution is 5.99. The van der Waals surface area contributed by atoms with Gasteiger partial charge in [-0.05, 0) is 41.7 Å². The molecule has 25 heteroatoms. The molecule has 7 atom stereocenters. The number of nitrogens with zero attached hydrogens (tertiary/aromatic N) is 1. The summed E-state index contributed by atoms with van der Waals surface area (Å²) in [6.07, 6.45) is 0.151. The number of para-hydroxylation sites is 1. The molecule has 1 aromatic heterocycles. The van der Waals surface area contributed by atoms with Gasteiger partial charge < -0.3 is 74.7 Å². The predicted molar refractivity (Wildman–Crippen MR) is 250 cm³/mol. The zero-order valence-corrected chi connectivity index (χ0v) is 38.9. The van der Waals surface area contributed by atoms with Gasteiger partial charge in [0.1, 0.15) is 42.0 Å². The van der Waals surface area contributed by atoms with Crippen LogP contribution in [-0.4, -0.2) is 149 Å². The molecule has 0 aliphatic carbocycles. The fraction of sp³-hybridized carbons (Fsp3) is 0.444. The first-order valence-corrected chi connectivity index (χ1v) is 22.4. The Morgan fingerprint density at radius 1 is 0.800 bits per heavy atom. The minimum atomic E-state index is -1.79. The minimum absolute atomic E-state index is 0.0569. The van der Waals surface area contributed by atoms with Gasteiger partial charge in [0.2, 0.25) is 65.0 Å². The van der Waals surface area contributed by atoms with Crippen LogP contribution >= 0.6 is 0 Å². The minimum Gasteiger partial charge on any atom is -0.508 e. The predicted octanol–water partition coefficient (Wildman–Crippen LogP) is -4.58. The number of H-pyrrole nitrogens is 1. The van der Waals surface area contributed by atoms with E-state index in [1.807, 2.05) is 0 Å². The number of nitrogens with one attached hydrogen (secondary N) is 9. The first-order valence-electron chi connectivity index (χ1n) is 22.4. The number of carbonyl (C=O) groups excluding carboxylic acids is 11. The van der Waals surface area contributed by atoms with Gasteiger partial charge in [-0.2, -0.15) is 0 Å². The van der Waals surface area contributed by atoms with Crippen LogP contribution in [0.2, 0.25) is 0 Å². The van der Waals surface area contributed by atoms with Crippen LogP contribution in [0.1, 0.15) is 50.7 Å². The van der Waals surface area contributed by atoms with E-state index in [2.05, 4.69) is 47.5 Å². The number of phenols is 1. The Morgan fingerprint density at radius 2 is 1.46 bits per heavy atom. The highest BCUT2D eigenvalue weighted by atomic mass is 16.3. The molecular formula is C45H61N13O12.